The molecule has 0 aliphatic carbocycles. The van der Waals surface area contributed by atoms with Gasteiger partial charge in [-0.25, -0.2) is 9.98 Å². The second-order valence-corrected chi connectivity index (χ2v) is 6.07. The van der Waals surface area contributed by atoms with Gasteiger partial charge < -0.3 is 9.80 Å². The number of aromatic nitrogens is 2. The van der Waals surface area contributed by atoms with Crippen LogP contribution in [0.3, 0.4) is 0 Å². The van der Waals surface area contributed by atoms with Crippen LogP contribution in [0.4, 0.5) is 5.69 Å². The monoisotopic (exact) mass is 295 g/mol. The van der Waals surface area contributed by atoms with Gasteiger partial charge in [-0.2, -0.15) is 0 Å². The first kappa shape index (κ1) is 13.5. The van der Waals surface area contributed by atoms with Crippen molar-refractivity contribution < 1.29 is 0 Å². The lowest BCUT2D eigenvalue weighted by Crippen LogP contribution is -2.38. The molecule has 1 saturated heterocycles. The number of benzene rings is 1. The minimum Gasteiger partial charge on any atom is -0.341 e. The topological polar surface area (TPSA) is 36.7 Å². The molecule has 22 heavy (non-hydrogen) atoms. The van der Waals surface area contributed by atoms with E-state index in [4.69, 9.17) is 4.99 Å². The molecule has 0 amide bonds. The van der Waals surface area contributed by atoms with Crippen molar-refractivity contribution in [1.82, 2.24) is 19.4 Å². The summed E-state index contributed by atoms with van der Waals surface area (Å²) in [6.07, 6.45) is 5.92. The van der Waals surface area contributed by atoms with E-state index in [1.807, 2.05) is 12.4 Å². The van der Waals surface area contributed by atoms with Crippen LogP contribution in [0.5, 0.6) is 0 Å². The molecule has 0 spiro atoms. The van der Waals surface area contributed by atoms with Crippen molar-refractivity contribution in [3.8, 4) is 0 Å². The molecule has 0 radical (unpaired) electrons. The molecule has 0 unspecified atom stereocenters. The number of para-hydroxylation sites is 1. The Morgan fingerprint density at radius 3 is 2.91 bits per heavy atom. The van der Waals surface area contributed by atoms with Gasteiger partial charge in [0.1, 0.15) is 5.82 Å². The maximum absolute atomic E-state index is 4.99. The average Bonchev–Trinajstić information content (AvgIpc) is 2.78. The van der Waals surface area contributed by atoms with E-state index in [0.29, 0.717) is 0 Å². The van der Waals surface area contributed by atoms with Gasteiger partial charge in [0.25, 0.3) is 0 Å². The molecule has 5 nitrogen and oxygen atoms in total. The van der Waals surface area contributed by atoms with Crippen LogP contribution < -0.4 is 0 Å². The summed E-state index contributed by atoms with van der Waals surface area (Å²) in [5, 5.41) is 0. The SMILES string of the molecule is CN1CCCN(C2=Nc3ccccc3Cc3nccn32)CC1. The zero-order valence-corrected chi connectivity index (χ0v) is 12.9. The van der Waals surface area contributed by atoms with Crippen molar-refractivity contribution in [2.45, 2.75) is 12.8 Å². The summed E-state index contributed by atoms with van der Waals surface area (Å²) in [5.74, 6) is 2.09. The highest BCUT2D eigenvalue weighted by Gasteiger charge is 2.22. The van der Waals surface area contributed by atoms with Gasteiger partial charge in [-0.3, -0.25) is 4.57 Å². The number of hydrogen-bond donors (Lipinski definition) is 0. The number of rotatable bonds is 0. The molecule has 1 aromatic heterocycles. The molecule has 1 aromatic carbocycles. The molecule has 2 aromatic rings. The fourth-order valence-electron chi connectivity index (χ4n) is 3.22. The summed E-state index contributed by atoms with van der Waals surface area (Å²) in [6.45, 7) is 4.28. The van der Waals surface area contributed by atoms with Gasteiger partial charge in [-0.1, -0.05) is 18.2 Å². The number of aliphatic imine (C=N–C) groups is 1. The lowest BCUT2D eigenvalue weighted by atomic mass is 10.1. The quantitative estimate of drug-likeness (QED) is 0.745. The molecular formula is C17H21N5. The Bertz CT molecular complexity index is 703. The number of fused-ring (bicyclic) bond motifs is 2. The van der Waals surface area contributed by atoms with Crippen LogP contribution in [0.25, 0.3) is 0 Å². The molecule has 0 N–H and O–H groups in total. The highest BCUT2D eigenvalue weighted by Crippen LogP contribution is 2.26. The van der Waals surface area contributed by atoms with E-state index in [2.05, 4.69) is 50.7 Å². The van der Waals surface area contributed by atoms with Gasteiger partial charge >= 0.3 is 0 Å². The van der Waals surface area contributed by atoms with Gasteiger partial charge in [-0.15, -0.1) is 0 Å². The third kappa shape index (κ3) is 2.41. The van der Waals surface area contributed by atoms with E-state index in [1.165, 1.54) is 12.0 Å². The molecule has 3 heterocycles. The van der Waals surface area contributed by atoms with Crippen LogP contribution in [-0.4, -0.2) is 58.5 Å². The molecule has 0 bridgehead atoms. The second-order valence-electron chi connectivity index (χ2n) is 6.07. The van der Waals surface area contributed by atoms with Crippen molar-refractivity contribution in [3.63, 3.8) is 0 Å². The number of likely N-dealkylation sites (N-methyl/N-ethyl adjacent to an activating group) is 1. The van der Waals surface area contributed by atoms with Crippen LogP contribution in [0.1, 0.15) is 17.8 Å². The Hall–Kier alpha value is -2.14. The summed E-state index contributed by atoms with van der Waals surface area (Å²) in [6, 6.07) is 8.39. The lowest BCUT2D eigenvalue weighted by molar-refractivity contribution is 0.344. The Kier molecular flexibility index (Phi) is 3.42. The van der Waals surface area contributed by atoms with E-state index in [1.54, 1.807) is 0 Å². The van der Waals surface area contributed by atoms with E-state index in [9.17, 15) is 0 Å². The number of nitrogens with zero attached hydrogens (tertiary/aromatic N) is 5. The van der Waals surface area contributed by atoms with Gasteiger partial charge in [0, 0.05) is 38.4 Å². The maximum atomic E-state index is 4.99. The summed E-state index contributed by atoms with van der Waals surface area (Å²) in [7, 11) is 2.19. The first-order valence-corrected chi connectivity index (χ1v) is 7.94. The van der Waals surface area contributed by atoms with Gasteiger partial charge in [0.05, 0.1) is 5.69 Å². The molecule has 0 saturated carbocycles. The van der Waals surface area contributed by atoms with E-state index >= 15 is 0 Å². The molecule has 2 aliphatic rings. The standard InChI is InChI=1S/C17H21N5/c1-20-8-4-9-21(12-11-20)17-19-15-6-3-2-5-14(15)13-16-18-7-10-22(16)17/h2-3,5-7,10H,4,8-9,11-13H2,1H3. The predicted molar refractivity (Wildman–Crippen MR) is 87.7 cm³/mol. The Morgan fingerprint density at radius 1 is 1.05 bits per heavy atom. The third-order valence-corrected chi connectivity index (χ3v) is 4.50. The maximum Gasteiger partial charge on any atom is 0.211 e. The molecule has 4 rings (SSSR count). The highest BCUT2D eigenvalue weighted by molar-refractivity contribution is 5.86. The van der Waals surface area contributed by atoms with E-state index in [-0.39, 0.29) is 0 Å². The highest BCUT2D eigenvalue weighted by atomic mass is 15.4. The van der Waals surface area contributed by atoms with Crippen LogP contribution in [0, 0.1) is 0 Å². The van der Waals surface area contributed by atoms with Crippen molar-refractivity contribution in [1.29, 1.82) is 0 Å². The number of imidazole rings is 1. The van der Waals surface area contributed by atoms with Crippen molar-refractivity contribution >= 4 is 11.6 Å². The molecule has 114 valence electrons. The molecule has 5 heteroatoms. The second kappa shape index (κ2) is 5.57. The summed E-state index contributed by atoms with van der Waals surface area (Å²) >= 11 is 0. The minimum absolute atomic E-state index is 0.837. The molecular weight excluding hydrogens is 274 g/mol. The van der Waals surface area contributed by atoms with Crippen molar-refractivity contribution in [2.24, 2.45) is 4.99 Å². The lowest BCUT2D eigenvalue weighted by Gasteiger charge is -2.25. The van der Waals surface area contributed by atoms with Crippen LogP contribution in [0.15, 0.2) is 41.7 Å². The Morgan fingerprint density at radius 2 is 1.95 bits per heavy atom. The fraction of sp³-hybridized carbons (Fsp3) is 0.412. The number of hydrogen-bond acceptors (Lipinski definition) is 4. The van der Waals surface area contributed by atoms with E-state index in [0.717, 1.165) is 50.1 Å². The molecule has 0 atom stereocenters. The third-order valence-electron chi connectivity index (χ3n) is 4.50. The minimum atomic E-state index is 0.837. The molecule has 1 fully saturated rings. The van der Waals surface area contributed by atoms with Crippen molar-refractivity contribution in [3.05, 3.63) is 48.0 Å². The first-order chi connectivity index (χ1) is 10.8. The zero-order valence-electron chi connectivity index (χ0n) is 12.9. The van der Waals surface area contributed by atoms with E-state index < -0.39 is 0 Å². The smallest absolute Gasteiger partial charge is 0.211 e. The summed E-state index contributed by atoms with van der Waals surface area (Å²) < 4.78 is 2.16. The molecule has 2 aliphatic heterocycles. The van der Waals surface area contributed by atoms with Crippen molar-refractivity contribution in [2.75, 3.05) is 33.2 Å². The first-order valence-electron chi connectivity index (χ1n) is 7.94. The predicted octanol–water partition coefficient (Wildman–Crippen LogP) is 1.96. The van der Waals surface area contributed by atoms with Gasteiger partial charge in [0.2, 0.25) is 5.96 Å². The fourth-order valence-corrected chi connectivity index (χ4v) is 3.22. The summed E-state index contributed by atoms with van der Waals surface area (Å²) in [5.41, 5.74) is 2.32. The van der Waals surface area contributed by atoms with Crippen LogP contribution in [-0.2, 0) is 6.42 Å². The normalized spacial score (nSPS) is 19.0. The van der Waals surface area contributed by atoms with Crippen LogP contribution in [0.2, 0.25) is 0 Å². The van der Waals surface area contributed by atoms with Gasteiger partial charge in [0.15, 0.2) is 0 Å². The summed E-state index contributed by atoms with van der Waals surface area (Å²) in [4.78, 5) is 14.3. The average molecular weight is 295 g/mol. The largest absolute Gasteiger partial charge is 0.341 e. The Labute approximate surface area is 130 Å². The van der Waals surface area contributed by atoms with Gasteiger partial charge in [-0.05, 0) is 31.6 Å². The zero-order chi connectivity index (χ0) is 14.9. The van der Waals surface area contributed by atoms with Crippen LogP contribution >= 0.6 is 0 Å². The Balaban J connectivity index is 1.78.